The molecular formula is C17H26N2O2. The summed E-state index contributed by atoms with van der Waals surface area (Å²) in [5.41, 5.74) is 2.05. The Hall–Kier alpha value is -1.55. The number of benzene rings is 1. The molecule has 21 heavy (non-hydrogen) atoms. The lowest BCUT2D eigenvalue weighted by molar-refractivity contribution is 0.156. The van der Waals surface area contributed by atoms with Crippen LogP contribution in [0.1, 0.15) is 44.6 Å². The van der Waals surface area contributed by atoms with Crippen molar-refractivity contribution in [1.82, 2.24) is 5.32 Å². The Morgan fingerprint density at radius 2 is 2.05 bits per heavy atom. The van der Waals surface area contributed by atoms with Crippen LogP contribution in [-0.4, -0.2) is 23.8 Å². The van der Waals surface area contributed by atoms with Crippen LogP contribution in [0.25, 0.3) is 0 Å². The van der Waals surface area contributed by atoms with Gasteiger partial charge in [0.15, 0.2) is 0 Å². The highest BCUT2D eigenvalue weighted by Gasteiger charge is 2.25. The van der Waals surface area contributed by atoms with Crippen molar-refractivity contribution in [2.45, 2.75) is 51.5 Å². The molecule has 4 heteroatoms. The molecule has 1 saturated carbocycles. The van der Waals surface area contributed by atoms with Gasteiger partial charge < -0.3 is 15.7 Å². The quantitative estimate of drug-likeness (QED) is 0.779. The molecule has 0 bridgehead atoms. The fraction of sp³-hybridized carbons (Fsp3) is 0.588. The Labute approximate surface area is 126 Å². The minimum atomic E-state index is -0.163. The van der Waals surface area contributed by atoms with Gasteiger partial charge in [0.2, 0.25) is 0 Å². The Balaban J connectivity index is 1.95. The van der Waals surface area contributed by atoms with Gasteiger partial charge in [0, 0.05) is 24.3 Å². The third-order valence-corrected chi connectivity index (χ3v) is 4.24. The first kappa shape index (κ1) is 15.8. The topological polar surface area (TPSA) is 61.4 Å². The highest BCUT2D eigenvalue weighted by molar-refractivity contribution is 5.90. The highest BCUT2D eigenvalue weighted by atomic mass is 16.3. The molecule has 1 aliphatic carbocycles. The molecule has 0 saturated heterocycles. The summed E-state index contributed by atoms with van der Waals surface area (Å²) in [7, 11) is 0. The molecule has 4 nitrogen and oxygen atoms in total. The standard InChI is InChI=1S/C17H26N2O2/c1-2-7-13-8-3-5-10-15(13)18-17(21)19-16-11-6-4-9-14(16)12-20/h3,5,8,10,14,16,20H,2,4,6-7,9,11-12H2,1H3,(H2,18,19,21). The monoisotopic (exact) mass is 290 g/mol. The van der Waals surface area contributed by atoms with Gasteiger partial charge in [-0.15, -0.1) is 0 Å². The van der Waals surface area contributed by atoms with Crippen molar-refractivity contribution in [3.8, 4) is 0 Å². The number of carbonyl (C=O) groups excluding carboxylic acids is 1. The first-order chi connectivity index (χ1) is 10.2. The van der Waals surface area contributed by atoms with Gasteiger partial charge in [-0.05, 0) is 30.9 Å². The second-order valence-electron chi connectivity index (χ2n) is 5.84. The predicted molar refractivity (Wildman–Crippen MR) is 85.4 cm³/mol. The van der Waals surface area contributed by atoms with E-state index < -0.39 is 0 Å². The summed E-state index contributed by atoms with van der Waals surface area (Å²) in [4.78, 5) is 12.2. The van der Waals surface area contributed by atoms with E-state index in [0.717, 1.165) is 49.8 Å². The Morgan fingerprint density at radius 1 is 1.29 bits per heavy atom. The van der Waals surface area contributed by atoms with Crippen molar-refractivity contribution in [1.29, 1.82) is 0 Å². The number of nitrogens with one attached hydrogen (secondary N) is 2. The maximum Gasteiger partial charge on any atom is 0.319 e. The molecule has 0 spiro atoms. The third kappa shape index (κ3) is 4.46. The van der Waals surface area contributed by atoms with Gasteiger partial charge in [0.1, 0.15) is 0 Å². The number of amides is 2. The van der Waals surface area contributed by atoms with Crippen molar-refractivity contribution in [2.75, 3.05) is 11.9 Å². The van der Waals surface area contributed by atoms with Crippen molar-refractivity contribution in [3.05, 3.63) is 29.8 Å². The van der Waals surface area contributed by atoms with Gasteiger partial charge in [-0.1, -0.05) is 44.4 Å². The van der Waals surface area contributed by atoms with Crippen LogP contribution in [0.4, 0.5) is 10.5 Å². The van der Waals surface area contributed by atoms with Crippen molar-refractivity contribution in [2.24, 2.45) is 5.92 Å². The predicted octanol–water partition coefficient (Wildman–Crippen LogP) is 3.31. The average Bonchev–Trinajstić information content (AvgIpc) is 2.50. The molecule has 2 unspecified atom stereocenters. The molecule has 1 aromatic carbocycles. The number of aliphatic hydroxyl groups excluding tert-OH is 1. The van der Waals surface area contributed by atoms with E-state index >= 15 is 0 Å². The summed E-state index contributed by atoms with van der Waals surface area (Å²) < 4.78 is 0. The SMILES string of the molecule is CCCc1ccccc1NC(=O)NC1CCCCC1CO. The summed E-state index contributed by atoms with van der Waals surface area (Å²) in [5, 5.41) is 15.4. The van der Waals surface area contributed by atoms with E-state index in [4.69, 9.17) is 0 Å². The summed E-state index contributed by atoms with van der Waals surface area (Å²) in [5.74, 6) is 0.190. The number of para-hydroxylation sites is 1. The minimum Gasteiger partial charge on any atom is -0.396 e. The summed E-state index contributed by atoms with van der Waals surface area (Å²) in [6.45, 7) is 2.28. The van der Waals surface area contributed by atoms with E-state index in [0.29, 0.717) is 0 Å². The summed E-state index contributed by atoms with van der Waals surface area (Å²) in [6, 6.07) is 7.85. The van der Waals surface area contributed by atoms with Gasteiger partial charge in [-0.25, -0.2) is 4.79 Å². The molecule has 0 aliphatic heterocycles. The van der Waals surface area contributed by atoms with E-state index in [-0.39, 0.29) is 24.6 Å². The van der Waals surface area contributed by atoms with Gasteiger partial charge in [0.25, 0.3) is 0 Å². The number of hydrogen-bond acceptors (Lipinski definition) is 2. The maximum absolute atomic E-state index is 12.2. The van der Waals surface area contributed by atoms with Crippen LogP contribution in [0.5, 0.6) is 0 Å². The normalized spacial score (nSPS) is 21.8. The van der Waals surface area contributed by atoms with Gasteiger partial charge >= 0.3 is 6.03 Å². The molecule has 0 radical (unpaired) electrons. The largest absolute Gasteiger partial charge is 0.396 e. The maximum atomic E-state index is 12.2. The molecule has 1 aromatic rings. The van der Waals surface area contributed by atoms with Crippen LogP contribution in [0.2, 0.25) is 0 Å². The number of carbonyl (C=O) groups is 1. The van der Waals surface area contributed by atoms with Crippen LogP contribution < -0.4 is 10.6 Å². The number of aryl methyl sites for hydroxylation is 1. The zero-order valence-electron chi connectivity index (χ0n) is 12.8. The lowest BCUT2D eigenvalue weighted by Gasteiger charge is -2.30. The zero-order chi connectivity index (χ0) is 15.1. The van der Waals surface area contributed by atoms with E-state index in [1.54, 1.807) is 0 Å². The smallest absolute Gasteiger partial charge is 0.319 e. The molecule has 3 N–H and O–H groups in total. The second-order valence-corrected chi connectivity index (χ2v) is 5.84. The molecular weight excluding hydrogens is 264 g/mol. The molecule has 2 atom stereocenters. The van der Waals surface area contributed by atoms with E-state index in [1.807, 2.05) is 18.2 Å². The molecule has 1 fully saturated rings. The number of anilines is 1. The molecule has 2 amide bonds. The molecule has 116 valence electrons. The van der Waals surface area contributed by atoms with E-state index in [9.17, 15) is 9.90 Å². The number of rotatable bonds is 5. The number of hydrogen-bond donors (Lipinski definition) is 3. The van der Waals surface area contributed by atoms with E-state index in [2.05, 4.69) is 23.6 Å². The van der Waals surface area contributed by atoms with Crippen LogP contribution in [0, 0.1) is 5.92 Å². The van der Waals surface area contributed by atoms with Gasteiger partial charge in [-0.2, -0.15) is 0 Å². The molecule has 1 aliphatic rings. The first-order valence-electron chi connectivity index (χ1n) is 8.01. The highest BCUT2D eigenvalue weighted by Crippen LogP contribution is 2.24. The van der Waals surface area contributed by atoms with Crippen LogP contribution in [-0.2, 0) is 6.42 Å². The molecule has 0 aromatic heterocycles. The van der Waals surface area contributed by atoms with Crippen molar-refractivity contribution >= 4 is 11.7 Å². The van der Waals surface area contributed by atoms with Gasteiger partial charge in [-0.3, -0.25) is 0 Å². The molecule has 0 heterocycles. The molecule has 2 rings (SSSR count). The minimum absolute atomic E-state index is 0.0853. The van der Waals surface area contributed by atoms with Crippen molar-refractivity contribution < 1.29 is 9.90 Å². The van der Waals surface area contributed by atoms with E-state index in [1.165, 1.54) is 0 Å². The van der Waals surface area contributed by atoms with Crippen LogP contribution >= 0.6 is 0 Å². The lowest BCUT2D eigenvalue weighted by Crippen LogP contribution is -2.45. The Bertz CT molecular complexity index is 462. The van der Waals surface area contributed by atoms with Crippen molar-refractivity contribution in [3.63, 3.8) is 0 Å². The average molecular weight is 290 g/mol. The Kier molecular flexibility index (Phi) is 6.05. The third-order valence-electron chi connectivity index (χ3n) is 4.24. The lowest BCUT2D eigenvalue weighted by atomic mass is 9.85. The zero-order valence-corrected chi connectivity index (χ0v) is 12.8. The van der Waals surface area contributed by atoms with Crippen LogP contribution in [0.15, 0.2) is 24.3 Å². The Morgan fingerprint density at radius 3 is 2.81 bits per heavy atom. The fourth-order valence-electron chi connectivity index (χ4n) is 3.07. The number of aliphatic hydroxyl groups is 1. The van der Waals surface area contributed by atoms with Crippen LogP contribution in [0.3, 0.4) is 0 Å². The fourth-order valence-corrected chi connectivity index (χ4v) is 3.07. The summed E-state index contributed by atoms with van der Waals surface area (Å²) >= 11 is 0. The second kappa shape index (κ2) is 8.03. The summed E-state index contributed by atoms with van der Waals surface area (Å²) in [6.07, 6.45) is 6.22. The van der Waals surface area contributed by atoms with Gasteiger partial charge in [0.05, 0.1) is 0 Å². The number of urea groups is 1. The first-order valence-corrected chi connectivity index (χ1v) is 8.01.